The highest BCUT2D eigenvalue weighted by atomic mass is 15.0. The molecule has 0 saturated carbocycles. The van der Waals surface area contributed by atoms with Crippen LogP contribution in [-0.2, 0) is 0 Å². The molecule has 0 aromatic carbocycles. The summed E-state index contributed by atoms with van der Waals surface area (Å²) in [5.41, 5.74) is 2.38. The fourth-order valence-corrected chi connectivity index (χ4v) is 1.44. The van der Waals surface area contributed by atoms with Crippen LogP contribution < -0.4 is 5.32 Å². The van der Waals surface area contributed by atoms with Crippen LogP contribution in [0.1, 0.15) is 5.56 Å². The molecule has 2 aromatic heterocycles. The van der Waals surface area contributed by atoms with E-state index in [9.17, 15) is 0 Å². The zero-order chi connectivity index (χ0) is 11.4. The number of pyridine rings is 2. The Hall–Kier alpha value is -2.41. The third-order valence-electron chi connectivity index (χ3n) is 2.24. The Kier molecular flexibility index (Phi) is 2.79. The molecule has 0 radical (unpaired) electrons. The van der Waals surface area contributed by atoms with Crippen molar-refractivity contribution in [2.45, 2.75) is 0 Å². The van der Waals surface area contributed by atoms with Crippen molar-refractivity contribution in [2.24, 2.45) is 0 Å². The second kappa shape index (κ2) is 4.41. The van der Waals surface area contributed by atoms with E-state index in [4.69, 9.17) is 5.26 Å². The topological polar surface area (TPSA) is 61.6 Å². The van der Waals surface area contributed by atoms with Crippen molar-refractivity contribution in [3.05, 3.63) is 42.4 Å². The molecule has 0 saturated heterocycles. The summed E-state index contributed by atoms with van der Waals surface area (Å²) >= 11 is 0. The van der Waals surface area contributed by atoms with Gasteiger partial charge >= 0.3 is 0 Å². The van der Waals surface area contributed by atoms with Gasteiger partial charge in [0, 0.05) is 36.8 Å². The van der Waals surface area contributed by atoms with E-state index in [1.165, 1.54) is 0 Å². The van der Waals surface area contributed by atoms with E-state index in [-0.39, 0.29) is 0 Å². The smallest absolute Gasteiger partial charge is 0.143 e. The number of hydrogen-bond donors (Lipinski definition) is 1. The maximum Gasteiger partial charge on any atom is 0.143 e. The van der Waals surface area contributed by atoms with Gasteiger partial charge in [-0.1, -0.05) is 6.07 Å². The summed E-state index contributed by atoms with van der Waals surface area (Å²) in [5, 5.41) is 11.9. The first kappa shape index (κ1) is 10.1. The molecule has 0 unspecified atom stereocenters. The predicted octanol–water partition coefficient (Wildman–Crippen LogP) is 2.06. The number of anilines is 1. The molecule has 2 rings (SSSR count). The van der Waals surface area contributed by atoms with Crippen molar-refractivity contribution in [3.63, 3.8) is 0 Å². The molecule has 4 heteroatoms. The highest BCUT2D eigenvalue weighted by molar-refractivity contribution is 5.66. The van der Waals surface area contributed by atoms with Crippen LogP contribution in [0.25, 0.3) is 11.1 Å². The van der Waals surface area contributed by atoms with Gasteiger partial charge in [0.2, 0.25) is 0 Å². The first-order valence-electron chi connectivity index (χ1n) is 4.83. The van der Waals surface area contributed by atoms with Crippen LogP contribution in [-0.4, -0.2) is 17.0 Å². The summed E-state index contributed by atoms with van der Waals surface area (Å²) in [6.45, 7) is 0. The van der Waals surface area contributed by atoms with Gasteiger partial charge in [0.25, 0.3) is 0 Å². The monoisotopic (exact) mass is 210 g/mol. The zero-order valence-electron chi connectivity index (χ0n) is 8.81. The summed E-state index contributed by atoms with van der Waals surface area (Å²) < 4.78 is 0. The van der Waals surface area contributed by atoms with Gasteiger partial charge in [-0.3, -0.25) is 4.98 Å². The first-order chi connectivity index (χ1) is 7.85. The van der Waals surface area contributed by atoms with Gasteiger partial charge in [-0.25, -0.2) is 4.98 Å². The molecule has 0 bridgehead atoms. The van der Waals surface area contributed by atoms with E-state index in [0.29, 0.717) is 11.4 Å². The van der Waals surface area contributed by atoms with Gasteiger partial charge in [-0.05, 0) is 12.1 Å². The largest absolute Gasteiger partial charge is 0.372 e. The number of hydrogen-bond acceptors (Lipinski definition) is 4. The predicted molar refractivity (Wildman–Crippen MR) is 61.7 cm³/mol. The molecular formula is C12H10N4. The van der Waals surface area contributed by atoms with Crippen LogP contribution in [0.4, 0.5) is 5.82 Å². The van der Waals surface area contributed by atoms with Crippen LogP contribution in [0.2, 0.25) is 0 Å². The van der Waals surface area contributed by atoms with Crippen molar-refractivity contribution < 1.29 is 0 Å². The van der Waals surface area contributed by atoms with Gasteiger partial charge in [-0.15, -0.1) is 0 Å². The van der Waals surface area contributed by atoms with E-state index in [0.717, 1.165) is 11.1 Å². The molecule has 0 fully saturated rings. The van der Waals surface area contributed by atoms with E-state index in [1.54, 1.807) is 31.7 Å². The summed E-state index contributed by atoms with van der Waals surface area (Å²) in [5.74, 6) is 0.593. The Morgan fingerprint density at radius 1 is 1.31 bits per heavy atom. The van der Waals surface area contributed by atoms with Gasteiger partial charge in [0.15, 0.2) is 0 Å². The second-order valence-corrected chi connectivity index (χ2v) is 3.22. The van der Waals surface area contributed by atoms with E-state index in [1.807, 2.05) is 12.1 Å². The lowest BCUT2D eigenvalue weighted by atomic mass is 10.1. The first-order valence-corrected chi connectivity index (χ1v) is 4.83. The van der Waals surface area contributed by atoms with Gasteiger partial charge in [0.05, 0.1) is 5.56 Å². The highest BCUT2D eigenvalue weighted by Crippen LogP contribution is 2.21. The lowest BCUT2D eigenvalue weighted by Crippen LogP contribution is -1.96. The average Bonchev–Trinajstić information content (AvgIpc) is 2.39. The van der Waals surface area contributed by atoms with Crippen molar-refractivity contribution in [3.8, 4) is 17.2 Å². The Morgan fingerprint density at radius 3 is 2.81 bits per heavy atom. The average molecular weight is 210 g/mol. The number of nitriles is 1. The van der Waals surface area contributed by atoms with Gasteiger partial charge in [-0.2, -0.15) is 5.26 Å². The maximum atomic E-state index is 8.98. The Morgan fingerprint density at radius 2 is 2.19 bits per heavy atom. The van der Waals surface area contributed by atoms with E-state index in [2.05, 4.69) is 21.4 Å². The molecule has 2 aromatic rings. The third-order valence-corrected chi connectivity index (χ3v) is 2.24. The van der Waals surface area contributed by atoms with Gasteiger partial charge in [0.1, 0.15) is 11.9 Å². The molecule has 0 amide bonds. The summed E-state index contributed by atoms with van der Waals surface area (Å²) in [4.78, 5) is 8.22. The lowest BCUT2D eigenvalue weighted by Gasteiger charge is -2.04. The van der Waals surface area contributed by atoms with Crippen LogP contribution in [0.3, 0.4) is 0 Å². The normalized spacial score (nSPS) is 9.50. The third kappa shape index (κ3) is 1.84. The van der Waals surface area contributed by atoms with Crippen molar-refractivity contribution in [1.82, 2.24) is 9.97 Å². The molecule has 0 aliphatic carbocycles. The molecule has 4 nitrogen and oxygen atoms in total. The molecular weight excluding hydrogens is 200 g/mol. The van der Waals surface area contributed by atoms with Crippen molar-refractivity contribution in [2.75, 3.05) is 12.4 Å². The van der Waals surface area contributed by atoms with Crippen LogP contribution in [0.15, 0.2) is 36.8 Å². The number of aromatic nitrogens is 2. The number of rotatable bonds is 2. The van der Waals surface area contributed by atoms with Crippen molar-refractivity contribution in [1.29, 1.82) is 5.26 Å². The highest BCUT2D eigenvalue weighted by Gasteiger charge is 2.04. The van der Waals surface area contributed by atoms with Crippen LogP contribution >= 0.6 is 0 Å². The second-order valence-electron chi connectivity index (χ2n) is 3.22. The number of nitrogens with zero attached hydrogens (tertiary/aromatic N) is 3. The minimum absolute atomic E-state index is 0.531. The quantitative estimate of drug-likeness (QED) is 0.824. The molecule has 16 heavy (non-hydrogen) atoms. The Balaban J connectivity index is 2.49. The number of nitrogens with one attached hydrogen (secondary N) is 1. The molecule has 1 N–H and O–H groups in total. The standard InChI is InChI=1S/C12H10N4/c1-14-12-10(6-13)5-11(8-16-12)9-3-2-4-15-7-9/h2-5,7-8H,1H3,(H,14,16). The van der Waals surface area contributed by atoms with Crippen molar-refractivity contribution >= 4 is 5.82 Å². The molecule has 0 aliphatic heterocycles. The molecule has 2 heterocycles. The Bertz CT molecular complexity index is 528. The molecule has 0 spiro atoms. The van der Waals surface area contributed by atoms with Crippen LogP contribution in [0.5, 0.6) is 0 Å². The summed E-state index contributed by atoms with van der Waals surface area (Å²) in [6.07, 6.45) is 5.19. The Labute approximate surface area is 93.6 Å². The van der Waals surface area contributed by atoms with E-state index < -0.39 is 0 Å². The minimum Gasteiger partial charge on any atom is -0.372 e. The SMILES string of the molecule is CNc1ncc(-c2cccnc2)cc1C#N. The lowest BCUT2D eigenvalue weighted by molar-refractivity contribution is 1.26. The fraction of sp³-hybridized carbons (Fsp3) is 0.0833. The molecule has 0 atom stereocenters. The van der Waals surface area contributed by atoms with E-state index >= 15 is 0 Å². The zero-order valence-corrected chi connectivity index (χ0v) is 8.81. The summed E-state index contributed by atoms with van der Waals surface area (Å²) in [7, 11) is 1.74. The molecule has 0 aliphatic rings. The van der Waals surface area contributed by atoms with Gasteiger partial charge < -0.3 is 5.32 Å². The fourth-order valence-electron chi connectivity index (χ4n) is 1.44. The maximum absolute atomic E-state index is 8.98. The van der Waals surface area contributed by atoms with Crippen LogP contribution in [0, 0.1) is 11.3 Å². The summed E-state index contributed by atoms with van der Waals surface area (Å²) in [6, 6.07) is 7.70. The minimum atomic E-state index is 0.531. The molecule has 78 valence electrons.